The zero-order valence-corrected chi connectivity index (χ0v) is 71.3. The predicted molar refractivity (Wildman–Crippen MR) is 415 cm³/mol. The molecule has 14 rings (SSSR count). The van der Waals surface area contributed by atoms with Crippen molar-refractivity contribution in [3.63, 3.8) is 0 Å². The molecule has 40 heteroatoms. The van der Waals surface area contributed by atoms with E-state index in [-0.39, 0.29) is 145 Å². The fraction of sp³-hybridized carbons (Fsp3) is 0.551. The number of alkyl halides is 1. The molecule has 2 saturated heterocycles. The molecule has 4 aromatic rings. The van der Waals surface area contributed by atoms with E-state index < -0.39 is 172 Å². The molecule has 634 valence electrons. The molecule has 6 amide bonds. The number of aliphatic hydroxyl groups is 1. The number of esters is 2. The molecule has 0 unspecified atom stereocenters. The summed E-state index contributed by atoms with van der Waals surface area (Å²) in [6, 6.07) is 13.1. The number of nitrogen functional groups attached to an aromatic ring is 1. The van der Waals surface area contributed by atoms with Crippen LogP contribution in [0.4, 0.5) is 40.0 Å². The number of amidine groups is 1. The summed E-state index contributed by atoms with van der Waals surface area (Å²) in [4.78, 5) is 126. The molecule has 6 aliphatic heterocycles. The Morgan fingerprint density at radius 1 is 0.881 bits per heavy atom. The molecule has 2 bridgehead atoms. The topological polar surface area (TPSA) is 451 Å². The largest absolute Gasteiger partial charge is 1.00 e. The summed E-state index contributed by atoms with van der Waals surface area (Å²) in [5, 5.41) is 18.9. The van der Waals surface area contributed by atoms with Crippen LogP contribution in [-0.4, -0.2) is 186 Å². The Hall–Kier alpha value is -9.15. The number of nitrogens with zero attached hydrogens (tertiary/aromatic N) is 7. The minimum atomic E-state index is -4.35. The smallest absolute Gasteiger partial charge is 0.544 e. The van der Waals surface area contributed by atoms with E-state index in [0.29, 0.717) is 48.8 Å². The van der Waals surface area contributed by atoms with Gasteiger partial charge in [-0.3, -0.25) is 38.2 Å². The van der Waals surface area contributed by atoms with E-state index in [2.05, 4.69) is 34.8 Å². The third kappa shape index (κ3) is 20.1. The van der Waals surface area contributed by atoms with Crippen molar-refractivity contribution in [2.24, 2.45) is 39.9 Å². The summed E-state index contributed by atoms with van der Waals surface area (Å²) in [7, 11) is -12.0. The van der Waals surface area contributed by atoms with Gasteiger partial charge in [-0.2, -0.15) is 13.4 Å². The number of hydrogen-bond donors (Lipinski definition) is 6. The Labute approximate surface area is 703 Å². The number of amides is 6. The number of halogens is 3. The Balaban J connectivity index is 0.000000181. The maximum atomic E-state index is 15.7. The summed E-state index contributed by atoms with van der Waals surface area (Å²) in [5.41, 5.74) is 1.60. The zero-order valence-electron chi connectivity index (χ0n) is 66.9. The fourth-order valence-corrected chi connectivity index (χ4v) is 19.0. The van der Waals surface area contributed by atoms with Crippen LogP contribution < -0.4 is 61.7 Å². The zero-order chi connectivity index (χ0) is 84.9. The molecule has 4 saturated carbocycles. The van der Waals surface area contributed by atoms with Crippen LogP contribution in [0.5, 0.6) is 0 Å². The molecule has 4 aliphatic carbocycles. The van der Waals surface area contributed by atoms with Gasteiger partial charge in [-0.25, -0.2) is 44.4 Å². The number of benzene rings is 3. The first-order valence-corrected chi connectivity index (χ1v) is 43.6. The first kappa shape index (κ1) is 89.6. The van der Waals surface area contributed by atoms with Gasteiger partial charge in [0.25, 0.3) is 15.9 Å². The van der Waals surface area contributed by atoms with Crippen molar-refractivity contribution >= 4 is 101 Å². The number of alkyl carbamates (subject to hydrolysis) is 1. The number of sulfonamides is 3. The predicted octanol–water partition coefficient (Wildman–Crippen LogP) is 5.13. The maximum Gasteiger partial charge on any atom is 1.00 e. The minimum absolute atomic E-state index is 0. The normalized spacial score (nSPS) is 27.8. The van der Waals surface area contributed by atoms with Gasteiger partial charge < -0.3 is 69.8 Å². The molecule has 1 aromatic heterocycles. The van der Waals surface area contributed by atoms with E-state index in [1.807, 2.05) is 6.08 Å². The number of rotatable bonds is 16. The summed E-state index contributed by atoms with van der Waals surface area (Å²) in [6.45, 7) is 12.5. The molecule has 0 spiro atoms. The molecule has 6 fully saturated rings. The van der Waals surface area contributed by atoms with Crippen molar-refractivity contribution in [3.05, 3.63) is 140 Å². The van der Waals surface area contributed by atoms with Crippen molar-refractivity contribution in [2.45, 2.75) is 222 Å². The number of nitrogens with one attached hydrogen (secondary N) is 4. The molecule has 0 radical (unpaired) electrons. The molecule has 33 nitrogen and oxygen atoms in total. The first-order chi connectivity index (χ1) is 54.9. The summed E-state index contributed by atoms with van der Waals surface area (Å²) in [6.07, 6.45) is 5.86. The maximum absolute atomic E-state index is 15.7. The Morgan fingerprint density at radius 2 is 1.58 bits per heavy atom. The minimum Gasteiger partial charge on any atom is -0.544 e. The second-order valence-corrected chi connectivity index (χ2v) is 38.1. The number of aliphatic hydroxyl groups excluding tert-OH is 1. The third-order valence-electron chi connectivity index (χ3n) is 22.1. The number of carbonyl (C=O) groups excluding carboxylic acids is 8. The molecule has 7 heterocycles. The number of ether oxygens (including phenoxy) is 5. The number of fused-ring (bicyclic) bond motifs is 9. The average Bonchev–Trinajstić information content (AvgIpc) is 1.46. The van der Waals surface area contributed by atoms with Crippen LogP contribution in [0.3, 0.4) is 0 Å². The SMILES string of the molecule is CC(C)(C)OC(=O)N[C@H]1CCCCC/C=C\[C@@H]2C[C@@]2(C(=O)[N-]S(=O)(=O)C2CC2)NC(=O)[C@@H]2C[C@@H](OC(=O)N3Cc4cccc(F)c4C3)CN2C1=O.CC(C)C(=O)OC[C@H]1O[C@@H](n2ccc(N)nc2=O)[C@](C)(F)[C@@H]1OC(=O)C(C)C.CS(=O)(=O)Nc1ccc2c(c1)S(=O)(=O)N=C(C1=C(O)[C@@H]3[C@H]4CC[C@H](C4)[C@@H]3N(Cc3ccc(F)cc3)C1=O)N2.[Na+]. The monoisotopic (exact) mass is 1710 g/mol. The average molecular weight is 1710 g/mol. The molecule has 118 heavy (non-hydrogen) atoms. The molecular weight excluding hydrogens is 1620 g/mol. The van der Waals surface area contributed by atoms with Gasteiger partial charge in [0.2, 0.25) is 21.8 Å². The van der Waals surface area contributed by atoms with Crippen LogP contribution in [-0.2, 0) is 102 Å². The molecule has 3 aromatic carbocycles. The van der Waals surface area contributed by atoms with Gasteiger partial charge in [0, 0.05) is 60.1 Å². The van der Waals surface area contributed by atoms with E-state index in [1.54, 1.807) is 83.7 Å². The standard InChI is InChI=1S/C35H46FN5O9S.C25H25FN4O6S2.C18H26FN3O6.Na/c1-34(2,3)50-32(45)37-27-13-8-6-4-5-7-11-22-17-35(22,31(44)39-51(47,48)24-14-15-24)38-29(42)28-16-23(19-41(28)30(27)43)49-33(46)40-18-21-10-9-12-26(36)25(21)20-40;1-37(33,34)28-17-8-9-18-19(11-17)38(35,36)29-24(27-18)21-23(31)20-14-4-5-15(10-14)22(20)30(25(21)32)12-13-2-6-16(26)7-3-13;1-9(2)14(23)26-8-11-13(28-15(24)10(3)4)18(5,19)16(27-11)22-7-6-12(20)21-17(22)25;/h7,9-12,22-24,27-28H,4-6,8,13-20H2,1-3H3,(H3,37,38,39,42,44,45);2-3,6-9,11,14-15,20,22,28,31H,4-5,10,12H2,1H3,(H,27,29);6-7,9-11,13,16H,8H2,1-5H3,(H2,20,21,25);/q;;;+1/p-1/b11-7-;;;/t22-,23-,27+,28+,35-;14-,15+,20+,22-;11-,13-,16-,18-;/m101./s1. The van der Waals surface area contributed by atoms with E-state index in [0.717, 1.165) is 49.5 Å². The van der Waals surface area contributed by atoms with Crippen LogP contribution >= 0.6 is 0 Å². The van der Waals surface area contributed by atoms with Gasteiger partial charge in [0.05, 0.1) is 58.3 Å². The summed E-state index contributed by atoms with van der Waals surface area (Å²) in [5.74, 6) is -6.70. The van der Waals surface area contributed by atoms with Crippen molar-refractivity contribution in [1.82, 2.24) is 34.9 Å². The Kier molecular flexibility index (Phi) is 26.8. The van der Waals surface area contributed by atoms with E-state index in [9.17, 15) is 82.3 Å². The van der Waals surface area contributed by atoms with E-state index >= 15 is 4.39 Å². The third-order valence-corrected chi connectivity index (χ3v) is 25.7. The van der Waals surface area contributed by atoms with Crippen LogP contribution in [0, 0.1) is 47.1 Å². The van der Waals surface area contributed by atoms with Gasteiger partial charge >= 0.3 is 59.4 Å². The summed E-state index contributed by atoms with van der Waals surface area (Å²) >= 11 is 0. The van der Waals surface area contributed by atoms with Gasteiger partial charge in [-0.1, -0.05) is 77.0 Å². The van der Waals surface area contributed by atoms with Gasteiger partial charge in [-0.05, 0) is 151 Å². The van der Waals surface area contributed by atoms with Crippen molar-refractivity contribution in [2.75, 3.05) is 35.2 Å². The van der Waals surface area contributed by atoms with Crippen molar-refractivity contribution in [1.29, 1.82) is 0 Å². The second kappa shape index (κ2) is 35.3. The van der Waals surface area contributed by atoms with Crippen LogP contribution in [0.1, 0.15) is 155 Å². The number of hydrogen-bond acceptors (Lipinski definition) is 24. The Morgan fingerprint density at radius 3 is 2.25 bits per heavy atom. The van der Waals surface area contributed by atoms with Crippen LogP contribution in [0.2, 0.25) is 0 Å². The number of anilines is 3. The molecule has 13 atom stereocenters. The molecular formula is C78H96F3N12NaO21S3. The molecule has 10 aliphatic rings. The van der Waals surface area contributed by atoms with Crippen molar-refractivity contribution in [3.8, 4) is 0 Å². The second-order valence-electron chi connectivity index (χ2n) is 32.9. The number of carbonyl (C=O) groups is 8. The summed E-state index contributed by atoms with van der Waals surface area (Å²) < 4.78 is 156. The van der Waals surface area contributed by atoms with Crippen molar-refractivity contribution < 1.29 is 135 Å². The van der Waals surface area contributed by atoms with Crippen LogP contribution in [0.15, 0.2) is 110 Å². The van der Waals surface area contributed by atoms with Crippen LogP contribution in [0.25, 0.3) is 4.72 Å². The first-order valence-electron chi connectivity index (χ1n) is 38.7. The van der Waals surface area contributed by atoms with Gasteiger partial charge in [0.1, 0.15) is 70.2 Å². The van der Waals surface area contributed by atoms with E-state index in [1.165, 1.54) is 52.4 Å². The van der Waals surface area contributed by atoms with E-state index in [4.69, 9.17) is 29.4 Å². The molecule has 7 N–H and O–H groups in total. The Bertz CT molecular complexity index is 5120. The fourth-order valence-electron chi connectivity index (χ4n) is 16.1. The number of aromatic nitrogens is 2. The number of nitrogens with two attached hydrogens (primary N) is 1. The van der Waals surface area contributed by atoms with Gasteiger partial charge in [0.15, 0.2) is 23.8 Å². The van der Waals surface area contributed by atoms with Gasteiger partial charge in [-0.15, -0.1) is 4.40 Å². The number of allylic oxidation sites excluding steroid dienone is 1. The quantitative estimate of drug-likeness (QED) is 0.0366.